The molecular formula is C12H17N5O3. The topological polar surface area (TPSA) is 98.4 Å². The van der Waals surface area contributed by atoms with Gasteiger partial charge in [0.25, 0.3) is 11.5 Å². The van der Waals surface area contributed by atoms with E-state index in [0.29, 0.717) is 32.7 Å². The van der Waals surface area contributed by atoms with Crippen LogP contribution in [-0.2, 0) is 4.79 Å². The van der Waals surface area contributed by atoms with Crippen LogP contribution in [0, 0.1) is 0 Å². The van der Waals surface area contributed by atoms with Crippen LogP contribution in [0.3, 0.4) is 0 Å². The minimum absolute atomic E-state index is 0.0351. The Morgan fingerprint density at radius 3 is 2.55 bits per heavy atom. The summed E-state index contributed by atoms with van der Waals surface area (Å²) in [4.78, 5) is 38.0. The first-order valence-electron chi connectivity index (χ1n) is 6.38. The highest BCUT2D eigenvalue weighted by atomic mass is 16.2. The van der Waals surface area contributed by atoms with Gasteiger partial charge in [-0.15, -0.1) is 0 Å². The molecule has 0 aliphatic carbocycles. The van der Waals surface area contributed by atoms with Crippen LogP contribution in [0.2, 0.25) is 0 Å². The predicted octanol–water partition coefficient (Wildman–Crippen LogP) is -1.73. The molecule has 0 radical (unpaired) electrons. The first-order chi connectivity index (χ1) is 9.60. The molecule has 1 saturated heterocycles. The van der Waals surface area contributed by atoms with Gasteiger partial charge in [0.2, 0.25) is 5.91 Å². The number of piperazine rings is 1. The largest absolute Gasteiger partial charge is 0.358 e. The summed E-state index contributed by atoms with van der Waals surface area (Å²) in [7, 11) is 1.60. The van der Waals surface area contributed by atoms with Crippen molar-refractivity contribution < 1.29 is 9.59 Å². The molecule has 8 heteroatoms. The van der Waals surface area contributed by atoms with Gasteiger partial charge < -0.3 is 10.2 Å². The quantitative estimate of drug-likeness (QED) is 0.685. The Balaban J connectivity index is 1.90. The van der Waals surface area contributed by atoms with Crippen LogP contribution < -0.4 is 10.9 Å². The lowest BCUT2D eigenvalue weighted by atomic mass is 10.2. The van der Waals surface area contributed by atoms with E-state index in [0.717, 1.165) is 0 Å². The number of nitrogens with one attached hydrogen (secondary N) is 2. The number of likely N-dealkylation sites (N-methyl/N-ethyl adjacent to an activating group) is 1. The molecule has 2 N–H and O–H groups in total. The van der Waals surface area contributed by atoms with Gasteiger partial charge in [0, 0.05) is 39.3 Å². The van der Waals surface area contributed by atoms with Crippen molar-refractivity contribution in [3.05, 3.63) is 28.2 Å². The number of carbonyl (C=O) groups excluding carboxylic acids is 2. The average Bonchev–Trinajstić information content (AvgIpc) is 2.48. The van der Waals surface area contributed by atoms with Gasteiger partial charge in [-0.25, -0.2) is 5.10 Å². The molecule has 108 valence electrons. The van der Waals surface area contributed by atoms with E-state index in [1.165, 1.54) is 12.1 Å². The zero-order chi connectivity index (χ0) is 14.5. The second-order valence-corrected chi connectivity index (χ2v) is 4.55. The highest BCUT2D eigenvalue weighted by Crippen LogP contribution is 2.05. The van der Waals surface area contributed by atoms with Crippen LogP contribution in [-0.4, -0.2) is 71.6 Å². The van der Waals surface area contributed by atoms with Gasteiger partial charge in [-0.1, -0.05) is 0 Å². The van der Waals surface area contributed by atoms with Gasteiger partial charge >= 0.3 is 0 Å². The maximum absolute atomic E-state index is 12.1. The number of nitrogens with zero attached hydrogens (tertiary/aromatic N) is 3. The van der Waals surface area contributed by atoms with Gasteiger partial charge in [0.05, 0.1) is 6.54 Å². The molecule has 1 fully saturated rings. The molecule has 2 rings (SSSR count). The second kappa shape index (κ2) is 6.29. The second-order valence-electron chi connectivity index (χ2n) is 4.55. The smallest absolute Gasteiger partial charge is 0.274 e. The molecule has 0 unspecified atom stereocenters. The molecule has 20 heavy (non-hydrogen) atoms. The van der Waals surface area contributed by atoms with Crippen LogP contribution in [0.15, 0.2) is 16.9 Å². The molecule has 0 bridgehead atoms. The van der Waals surface area contributed by atoms with E-state index in [2.05, 4.69) is 15.5 Å². The molecule has 8 nitrogen and oxygen atoms in total. The van der Waals surface area contributed by atoms with Crippen molar-refractivity contribution in [3.63, 3.8) is 0 Å². The highest BCUT2D eigenvalue weighted by molar-refractivity contribution is 5.92. The fraction of sp³-hybridized carbons (Fsp3) is 0.500. The number of H-pyrrole nitrogens is 1. The summed E-state index contributed by atoms with van der Waals surface area (Å²) in [6.07, 6.45) is 0. The Labute approximate surface area is 115 Å². The molecule has 1 aliphatic heterocycles. The SMILES string of the molecule is CNC(=O)CN1CCN(C(=O)c2ccc(=O)[nH]n2)CC1. The highest BCUT2D eigenvalue weighted by Gasteiger charge is 2.23. The summed E-state index contributed by atoms with van der Waals surface area (Å²) in [5.74, 6) is -0.243. The normalized spacial score (nSPS) is 15.9. The maximum atomic E-state index is 12.1. The summed E-state index contributed by atoms with van der Waals surface area (Å²) in [6.45, 7) is 2.70. The minimum atomic E-state index is -0.336. The molecule has 0 atom stereocenters. The standard InChI is InChI=1S/C12H17N5O3/c1-13-11(19)8-16-4-6-17(7-5-16)12(20)9-2-3-10(18)15-14-9/h2-3H,4-8H2,1H3,(H,13,19)(H,15,18). The monoisotopic (exact) mass is 279 g/mol. The van der Waals surface area contributed by atoms with E-state index in [1.807, 2.05) is 4.90 Å². The van der Waals surface area contributed by atoms with E-state index >= 15 is 0 Å². The summed E-state index contributed by atoms with van der Waals surface area (Å²) in [6, 6.07) is 2.69. The number of amides is 2. The molecule has 1 aromatic heterocycles. The zero-order valence-corrected chi connectivity index (χ0v) is 11.3. The van der Waals surface area contributed by atoms with Crippen LogP contribution in [0.4, 0.5) is 0 Å². The lowest BCUT2D eigenvalue weighted by Gasteiger charge is -2.33. The Bertz CT molecular complexity index is 528. The average molecular weight is 279 g/mol. The molecular weight excluding hydrogens is 262 g/mol. The molecule has 0 spiro atoms. The van der Waals surface area contributed by atoms with Crippen molar-refractivity contribution in [2.75, 3.05) is 39.8 Å². The number of carbonyl (C=O) groups is 2. The number of hydrogen-bond acceptors (Lipinski definition) is 5. The van der Waals surface area contributed by atoms with Crippen LogP contribution in [0.1, 0.15) is 10.5 Å². The van der Waals surface area contributed by atoms with Gasteiger partial charge in [-0.2, -0.15) is 5.10 Å². The molecule has 1 aliphatic rings. The number of rotatable bonds is 3. The van der Waals surface area contributed by atoms with Crippen molar-refractivity contribution in [3.8, 4) is 0 Å². The molecule has 0 saturated carbocycles. The first-order valence-corrected chi connectivity index (χ1v) is 6.38. The fourth-order valence-corrected chi connectivity index (χ4v) is 2.02. The van der Waals surface area contributed by atoms with Crippen molar-refractivity contribution in [1.82, 2.24) is 25.3 Å². The van der Waals surface area contributed by atoms with Gasteiger partial charge in [0.1, 0.15) is 5.69 Å². The third-order valence-corrected chi connectivity index (χ3v) is 3.20. The maximum Gasteiger partial charge on any atom is 0.274 e. The van der Waals surface area contributed by atoms with Crippen LogP contribution in [0.5, 0.6) is 0 Å². The Morgan fingerprint density at radius 1 is 1.30 bits per heavy atom. The minimum Gasteiger partial charge on any atom is -0.358 e. The molecule has 2 heterocycles. The first kappa shape index (κ1) is 14.2. The summed E-state index contributed by atoms with van der Waals surface area (Å²) < 4.78 is 0. The predicted molar refractivity (Wildman–Crippen MR) is 71.3 cm³/mol. The number of hydrogen-bond donors (Lipinski definition) is 2. The van der Waals surface area contributed by atoms with E-state index in [1.54, 1.807) is 11.9 Å². The van der Waals surface area contributed by atoms with E-state index in [4.69, 9.17) is 0 Å². The van der Waals surface area contributed by atoms with Crippen LogP contribution in [0.25, 0.3) is 0 Å². The van der Waals surface area contributed by atoms with Gasteiger partial charge in [0.15, 0.2) is 0 Å². The summed E-state index contributed by atoms with van der Waals surface area (Å²) in [5.41, 5.74) is -0.110. The van der Waals surface area contributed by atoms with Gasteiger partial charge in [-0.3, -0.25) is 19.3 Å². The van der Waals surface area contributed by atoms with Crippen molar-refractivity contribution >= 4 is 11.8 Å². The Kier molecular flexibility index (Phi) is 4.46. The summed E-state index contributed by atoms with van der Waals surface area (Å²) in [5, 5.41) is 8.55. The fourth-order valence-electron chi connectivity index (χ4n) is 2.02. The van der Waals surface area contributed by atoms with Crippen molar-refractivity contribution in [1.29, 1.82) is 0 Å². The number of aromatic nitrogens is 2. The Hall–Kier alpha value is -2.22. The third-order valence-electron chi connectivity index (χ3n) is 3.20. The Morgan fingerprint density at radius 2 is 2.00 bits per heavy atom. The van der Waals surface area contributed by atoms with Gasteiger partial charge in [-0.05, 0) is 6.07 Å². The lowest BCUT2D eigenvalue weighted by Crippen LogP contribution is -2.51. The van der Waals surface area contributed by atoms with E-state index in [9.17, 15) is 14.4 Å². The van der Waals surface area contributed by atoms with E-state index in [-0.39, 0.29) is 23.1 Å². The molecule has 1 aromatic rings. The third kappa shape index (κ3) is 3.41. The lowest BCUT2D eigenvalue weighted by molar-refractivity contribution is -0.122. The van der Waals surface area contributed by atoms with E-state index < -0.39 is 0 Å². The molecule has 0 aromatic carbocycles. The van der Waals surface area contributed by atoms with Crippen molar-refractivity contribution in [2.45, 2.75) is 0 Å². The number of aromatic amines is 1. The van der Waals surface area contributed by atoms with Crippen molar-refractivity contribution in [2.24, 2.45) is 0 Å². The summed E-state index contributed by atoms with van der Waals surface area (Å²) >= 11 is 0. The zero-order valence-electron chi connectivity index (χ0n) is 11.3. The van der Waals surface area contributed by atoms with Crippen LogP contribution >= 0.6 is 0 Å². The molecule has 2 amide bonds.